The molecule has 0 aromatic carbocycles. The minimum absolute atomic E-state index is 0.168. The summed E-state index contributed by atoms with van der Waals surface area (Å²) >= 11 is 1.93. The van der Waals surface area contributed by atoms with Crippen molar-refractivity contribution in [3.8, 4) is 0 Å². The SMILES string of the molecule is COC(=O)[C@H](C)NC1CCSC1. The van der Waals surface area contributed by atoms with Gasteiger partial charge in [0.15, 0.2) is 0 Å². The average molecular weight is 189 g/mol. The summed E-state index contributed by atoms with van der Waals surface area (Å²) in [6, 6.07) is 0.322. The first kappa shape index (κ1) is 9.86. The molecule has 0 bridgehead atoms. The van der Waals surface area contributed by atoms with Gasteiger partial charge in [0.1, 0.15) is 6.04 Å². The second-order valence-corrected chi connectivity index (χ2v) is 4.12. The fourth-order valence-corrected chi connectivity index (χ4v) is 2.43. The van der Waals surface area contributed by atoms with E-state index in [2.05, 4.69) is 10.1 Å². The molecule has 1 aliphatic rings. The second kappa shape index (κ2) is 4.72. The number of hydrogen-bond acceptors (Lipinski definition) is 4. The molecule has 0 aliphatic carbocycles. The Balaban J connectivity index is 2.24. The number of rotatable bonds is 3. The lowest BCUT2D eigenvalue weighted by molar-refractivity contribution is -0.142. The highest BCUT2D eigenvalue weighted by Crippen LogP contribution is 2.17. The van der Waals surface area contributed by atoms with Gasteiger partial charge in [-0.2, -0.15) is 11.8 Å². The van der Waals surface area contributed by atoms with Crippen molar-refractivity contribution < 1.29 is 9.53 Å². The van der Waals surface area contributed by atoms with Crippen molar-refractivity contribution >= 4 is 17.7 Å². The fraction of sp³-hybridized carbons (Fsp3) is 0.875. The second-order valence-electron chi connectivity index (χ2n) is 2.97. The molecular formula is C8H15NO2S. The smallest absolute Gasteiger partial charge is 0.322 e. The van der Waals surface area contributed by atoms with Crippen molar-refractivity contribution in [3.63, 3.8) is 0 Å². The number of carbonyl (C=O) groups is 1. The minimum atomic E-state index is -0.174. The summed E-state index contributed by atoms with van der Waals surface area (Å²) in [5.41, 5.74) is 0. The largest absolute Gasteiger partial charge is 0.468 e. The number of thioether (sulfide) groups is 1. The first-order valence-corrected chi connectivity index (χ1v) is 5.31. The molecule has 0 spiro atoms. The molecule has 1 saturated heterocycles. The molecule has 1 N–H and O–H groups in total. The average Bonchev–Trinajstić information content (AvgIpc) is 2.55. The van der Waals surface area contributed by atoms with Crippen LogP contribution in [0.5, 0.6) is 0 Å². The normalized spacial score (nSPS) is 25.3. The van der Waals surface area contributed by atoms with Crippen LogP contribution in [0.1, 0.15) is 13.3 Å². The van der Waals surface area contributed by atoms with Gasteiger partial charge in [-0.1, -0.05) is 0 Å². The summed E-state index contributed by atoms with van der Waals surface area (Å²) in [6.07, 6.45) is 1.16. The van der Waals surface area contributed by atoms with Crippen molar-refractivity contribution in [3.05, 3.63) is 0 Å². The predicted molar refractivity (Wildman–Crippen MR) is 50.3 cm³/mol. The van der Waals surface area contributed by atoms with Gasteiger partial charge in [0.2, 0.25) is 0 Å². The van der Waals surface area contributed by atoms with E-state index in [0.717, 1.165) is 12.2 Å². The van der Waals surface area contributed by atoms with Crippen molar-refractivity contribution in [1.82, 2.24) is 5.32 Å². The molecule has 1 fully saturated rings. The molecule has 1 heterocycles. The first-order chi connectivity index (χ1) is 5.74. The van der Waals surface area contributed by atoms with Gasteiger partial charge in [-0.25, -0.2) is 0 Å². The van der Waals surface area contributed by atoms with Gasteiger partial charge in [-0.3, -0.25) is 4.79 Å². The van der Waals surface area contributed by atoms with E-state index in [1.807, 2.05) is 18.7 Å². The van der Waals surface area contributed by atoms with Crippen molar-refractivity contribution in [2.75, 3.05) is 18.6 Å². The minimum Gasteiger partial charge on any atom is -0.468 e. The lowest BCUT2D eigenvalue weighted by Crippen LogP contribution is -2.41. The number of carbonyl (C=O) groups excluding carboxylic acids is 1. The Labute approximate surface area is 77.2 Å². The van der Waals surface area contributed by atoms with Gasteiger partial charge in [-0.05, 0) is 19.1 Å². The van der Waals surface area contributed by atoms with Crippen LogP contribution in [0, 0.1) is 0 Å². The Morgan fingerprint density at radius 2 is 2.50 bits per heavy atom. The van der Waals surface area contributed by atoms with E-state index in [1.165, 1.54) is 12.9 Å². The van der Waals surface area contributed by atoms with E-state index < -0.39 is 0 Å². The molecule has 12 heavy (non-hydrogen) atoms. The molecule has 1 unspecified atom stereocenters. The van der Waals surface area contributed by atoms with E-state index in [4.69, 9.17) is 0 Å². The molecular weight excluding hydrogens is 174 g/mol. The van der Waals surface area contributed by atoms with Gasteiger partial charge in [-0.15, -0.1) is 0 Å². The number of hydrogen-bond donors (Lipinski definition) is 1. The number of esters is 1. The third-order valence-corrected chi connectivity index (χ3v) is 3.13. The number of ether oxygens (including phenoxy) is 1. The van der Waals surface area contributed by atoms with E-state index >= 15 is 0 Å². The molecule has 4 heteroatoms. The molecule has 1 aliphatic heterocycles. The number of methoxy groups -OCH3 is 1. The molecule has 0 aromatic heterocycles. The summed E-state index contributed by atoms with van der Waals surface area (Å²) in [7, 11) is 1.42. The van der Waals surface area contributed by atoms with Crippen LogP contribution in [0.3, 0.4) is 0 Å². The molecule has 0 saturated carbocycles. The molecule has 2 atom stereocenters. The predicted octanol–water partition coefficient (Wildman–Crippen LogP) is 0.643. The van der Waals surface area contributed by atoms with Crippen LogP contribution >= 0.6 is 11.8 Å². The highest BCUT2D eigenvalue weighted by Gasteiger charge is 2.20. The van der Waals surface area contributed by atoms with E-state index in [-0.39, 0.29) is 12.0 Å². The Morgan fingerprint density at radius 1 is 1.75 bits per heavy atom. The van der Waals surface area contributed by atoms with Crippen molar-refractivity contribution in [2.45, 2.75) is 25.4 Å². The monoisotopic (exact) mass is 189 g/mol. The van der Waals surface area contributed by atoms with Crippen LogP contribution in [0.15, 0.2) is 0 Å². The standard InChI is InChI=1S/C8H15NO2S/c1-6(8(10)11-2)9-7-3-4-12-5-7/h6-7,9H,3-5H2,1-2H3/t6-,7?/m0/s1. The van der Waals surface area contributed by atoms with Gasteiger partial charge < -0.3 is 10.1 Å². The molecule has 0 aromatic rings. The van der Waals surface area contributed by atoms with Gasteiger partial charge in [0, 0.05) is 11.8 Å². The Bertz CT molecular complexity index is 157. The van der Waals surface area contributed by atoms with E-state index in [1.54, 1.807) is 0 Å². The van der Waals surface area contributed by atoms with Crippen LogP contribution < -0.4 is 5.32 Å². The quantitative estimate of drug-likeness (QED) is 0.661. The third-order valence-electron chi connectivity index (χ3n) is 1.97. The first-order valence-electron chi connectivity index (χ1n) is 4.15. The van der Waals surface area contributed by atoms with Crippen LogP contribution in [0.4, 0.5) is 0 Å². The van der Waals surface area contributed by atoms with Crippen LogP contribution in [0.2, 0.25) is 0 Å². The van der Waals surface area contributed by atoms with Gasteiger partial charge in [0.05, 0.1) is 7.11 Å². The summed E-state index contributed by atoms with van der Waals surface area (Å²) in [5, 5.41) is 3.23. The molecule has 3 nitrogen and oxygen atoms in total. The zero-order valence-electron chi connectivity index (χ0n) is 7.50. The summed E-state index contributed by atoms with van der Waals surface area (Å²) in [5.74, 6) is 2.14. The summed E-state index contributed by atoms with van der Waals surface area (Å²) < 4.78 is 4.61. The summed E-state index contributed by atoms with van der Waals surface area (Å²) in [4.78, 5) is 11.0. The zero-order chi connectivity index (χ0) is 8.97. The maximum atomic E-state index is 11.0. The molecule has 1 rings (SSSR count). The van der Waals surface area contributed by atoms with E-state index in [0.29, 0.717) is 6.04 Å². The number of nitrogens with one attached hydrogen (secondary N) is 1. The lowest BCUT2D eigenvalue weighted by Gasteiger charge is -2.16. The van der Waals surface area contributed by atoms with Crippen molar-refractivity contribution in [2.24, 2.45) is 0 Å². The highest BCUT2D eigenvalue weighted by atomic mass is 32.2. The Morgan fingerprint density at radius 3 is 3.00 bits per heavy atom. The molecule has 70 valence electrons. The van der Waals surface area contributed by atoms with Gasteiger partial charge >= 0.3 is 5.97 Å². The van der Waals surface area contributed by atoms with Gasteiger partial charge in [0.25, 0.3) is 0 Å². The Kier molecular flexibility index (Phi) is 3.88. The third kappa shape index (κ3) is 2.68. The maximum Gasteiger partial charge on any atom is 0.322 e. The molecule has 0 radical (unpaired) electrons. The van der Waals surface area contributed by atoms with Crippen LogP contribution in [0.25, 0.3) is 0 Å². The van der Waals surface area contributed by atoms with Crippen LogP contribution in [-0.2, 0) is 9.53 Å². The summed E-state index contributed by atoms with van der Waals surface area (Å²) in [6.45, 7) is 1.84. The zero-order valence-corrected chi connectivity index (χ0v) is 8.32. The fourth-order valence-electron chi connectivity index (χ4n) is 1.26. The maximum absolute atomic E-state index is 11.0. The highest BCUT2D eigenvalue weighted by molar-refractivity contribution is 7.99. The Hall–Kier alpha value is -0.220. The topological polar surface area (TPSA) is 38.3 Å². The van der Waals surface area contributed by atoms with Crippen molar-refractivity contribution in [1.29, 1.82) is 0 Å². The van der Waals surface area contributed by atoms with E-state index in [9.17, 15) is 4.79 Å². The lowest BCUT2D eigenvalue weighted by atomic mass is 10.2. The van der Waals surface area contributed by atoms with Crippen LogP contribution in [-0.4, -0.2) is 36.7 Å². The molecule has 0 amide bonds.